The summed E-state index contributed by atoms with van der Waals surface area (Å²) in [5.74, 6) is 1.78. The van der Waals surface area contributed by atoms with E-state index in [9.17, 15) is 10.1 Å². The molecule has 2 rings (SSSR count). The van der Waals surface area contributed by atoms with E-state index in [0.717, 1.165) is 22.4 Å². The summed E-state index contributed by atoms with van der Waals surface area (Å²) >= 11 is 0. The predicted molar refractivity (Wildman–Crippen MR) is 93.7 cm³/mol. The summed E-state index contributed by atoms with van der Waals surface area (Å²) in [4.78, 5) is 14.6. The van der Waals surface area contributed by atoms with Gasteiger partial charge in [0.05, 0.1) is 4.92 Å². The first kappa shape index (κ1) is 18.5. The van der Waals surface area contributed by atoms with E-state index in [1.165, 1.54) is 12.1 Å². The summed E-state index contributed by atoms with van der Waals surface area (Å²) < 4.78 is 16.4. The highest BCUT2D eigenvalue weighted by Crippen LogP contribution is 2.36. The number of hydrogen-bond donors (Lipinski definition) is 1. The number of aryl methyl sites for hydroxylation is 1. The Morgan fingerprint density at radius 3 is 2.56 bits per heavy atom. The summed E-state index contributed by atoms with van der Waals surface area (Å²) in [7, 11) is 3.13. The first-order chi connectivity index (χ1) is 11.9. The van der Waals surface area contributed by atoms with Crippen LogP contribution in [-0.4, -0.2) is 30.9 Å². The fraction of sp³-hybridized carbons (Fsp3) is 0.353. The Kier molecular flexibility index (Phi) is 5.76. The highest BCUT2D eigenvalue weighted by atomic mass is 16.7. The third kappa shape index (κ3) is 3.97. The van der Waals surface area contributed by atoms with Crippen LogP contribution in [-0.2, 0) is 4.74 Å². The van der Waals surface area contributed by atoms with Crippen LogP contribution in [0, 0.1) is 30.9 Å². The molecule has 0 bridgehead atoms. The molecule has 2 aromatic rings. The summed E-state index contributed by atoms with van der Waals surface area (Å²) in [5, 5.41) is 13.7. The lowest BCUT2D eigenvalue weighted by molar-refractivity contribution is -0.384. The van der Waals surface area contributed by atoms with Crippen molar-refractivity contribution >= 4 is 11.5 Å². The van der Waals surface area contributed by atoms with Crippen molar-refractivity contribution < 1.29 is 19.1 Å². The molecule has 134 valence electrons. The summed E-state index contributed by atoms with van der Waals surface area (Å²) in [6.45, 7) is 5.92. The van der Waals surface area contributed by atoms with Crippen molar-refractivity contribution in [2.45, 2.75) is 20.8 Å². The Balaban J connectivity index is 2.36. The molecule has 25 heavy (non-hydrogen) atoms. The fourth-order valence-corrected chi connectivity index (χ4v) is 2.40. The number of nitrogens with one attached hydrogen (secondary N) is 1. The lowest BCUT2D eigenvalue weighted by atomic mass is 10.0. The third-order valence-electron chi connectivity index (χ3n) is 3.80. The van der Waals surface area contributed by atoms with Gasteiger partial charge in [0.1, 0.15) is 11.5 Å². The van der Waals surface area contributed by atoms with Crippen LogP contribution in [0.4, 0.5) is 11.5 Å². The molecule has 0 aliphatic rings. The molecule has 0 fully saturated rings. The van der Waals surface area contributed by atoms with Crippen molar-refractivity contribution in [2.75, 3.05) is 26.3 Å². The highest BCUT2D eigenvalue weighted by Gasteiger charge is 2.17. The Bertz CT molecular complexity index is 792. The molecule has 0 aliphatic heterocycles. The van der Waals surface area contributed by atoms with Crippen molar-refractivity contribution in [1.82, 2.24) is 4.98 Å². The maximum absolute atomic E-state index is 11.0. The standard InChI is InChI=1S/C17H21N3O5/c1-10-8-14(11(2)12(3)16(10)24-9-23-5)25-15-7-6-13(20(21)22)17(18-4)19-15/h6-8H,9H2,1-5H3,(H,18,19). The van der Waals surface area contributed by atoms with E-state index in [0.29, 0.717) is 5.75 Å². The van der Waals surface area contributed by atoms with E-state index in [1.807, 2.05) is 26.8 Å². The second kappa shape index (κ2) is 7.80. The zero-order valence-corrected chi connectivity index (χ0v) is 14.9. The molecule has 0 saturated carbocycles. The molecule has 0 unspecified atom stereocenters. The number of anilines is 1. The number of methoxy groups -OCH3 is 1. The molecule has 0 saturated heterocycles. The highest BCUT2D eigenvalue weighted by molar-refractivity contribution is 5.57. The quantitative estimate of drug-likeness (QED) is 0.463. The molecule has 1 aromatic heterocycles. The van der Waals surface area contributed by atoms with Gasteiger partial charge < -0.3 is 19.5 Å². The average Bonchev–Trinajstić information content (AvgIpc) is 2.59. The minimum atomic E-state index is -0.496. The van der Waals surface area contributed by atoms with E-state index in [4.69, 9.17) is 14.2 Å². The topological polar surface area (TPSA) is 95.8 Å². The minimum Gasteiger partial charge on any atom is -0.467 e. The van der Waals surface area contributed by atoms with Gasteiger partial charge in [0.2, 0.25) is 11.7 Å². The summed E-state index contributed by atoms with van der Waals surface area (Å²) in [6.07, 6.45) is 0. The number of ether oxygens (including phenoxy) is 3. The fourth-order valence-electron chi connectivity index (χ4n) is 2.40. The van der Waals surface area contributed by atoms with E-state index in [1.54, 1.807) is 14.2 Å². The molecule has 0 atom stereocenters. The van der Waals surface area contributed by atoms with E-state index in [2.05, 4.69) is 10.3 Å². The molecule has 0 amide bonds. The Morgan fingerprint density at radius 1 is 1.24 bits per heavy atom. The van der Waals surface area contributed by atoms with Gasteiger partial charge in [0.15, 0.2) is 6.79 Å². The zero-order valence-electron chi connectivity index (χ0n) is 14.9. The van der Waals surface area contributed by atoms with E-state index >= 15 is 0 Å². The van der Waals surface area contributed by atoms with Crippen LogP contribution in [0.3, 0.4) is 0 Å². The molecule has 1 N–H and O–H groups in total. The normalized spacial score (nSPS) is 10.4. The second-order valence-electron chi connectivity index (χ2n) is 5.45. The number of aromatic nitrogens is 1. The van der Waals surface area contributed by atoms with Crippen LogP contribution in [0.15, 0.2) is 18.2 Å². The van der Waals surface area contributed by atoms with Crippen LogP contribution in [0.25, 0.3) is 0 Å². The van der Waals surface area contributed by atoms with E-state index < -0.39 is 4.92 Å². The SMILES string of the molecule is CNc1nc(Oc2cc(C)c(OCOC)c(C)c2C)ccc1[N+](=O)[O-]. The van der Waals surface area contributed by atoms with Gasteiger partial charge in [-0.3, -0.25) is 10.1 Å². The average molecular weight is 347 g/mol. The van der Waals surface area contributed by atoms with Crippen LogP contribution >= 0.6 is 0 Å². The van der Waals surface area contributed by atoms with Crippen molar-refractivity contribution in [1.29, 1.82) is 0 Å². The first-order valence-electron chi connectivity index (χ1n) is 7.62. The van der Waals surface area contributed by atoms with Gasteiger partial charge >= 0.3 is 5.69 Å². The molecule has 0 radical (unpaired) electrons. The lowest BCUT2D eigenvalue weighted by Gasteiger charge is -2.17. The number of nitrogens with zero attached hydrogens (tertiary/aromatic N) is 2. The van der Waals surface area contributed by atoms with Crippen LogP contribution in [0.1, 0.15) is 16.7 Å². The Hall–Kier alpha value is -2.87. The van der Waals surface area contributed by atoms with Crippen LogP contribution < -0.4 is 14.8 Å². The predicted octanol–water partition coefficient (Wildman–Crippen LogP) is 3.73. The number of rotatable bonds is 7. The first-order valence-corrected chi connectivity index (χ1v) is 7.62. The Morgan fingerprint density at radius 2 is 1.96 bits per heavy atom. The Labute approximate surface area is 145 Å². The van der Waals surface area contributed by atoms with Gasteiger partial charge in [0, 0.05) is 26.3 Å². The van der Waals surface area contributed by atoms with Crippen molar-refractivity contribution in [2.24, 2.45) is 0 Å². The molecule has 1 heterocycles. The molecule has 1 aromatic carbocycles. The second-order valence-corrected chi connectivity index (χ2v) is 5.45. The van der Waals surface area contributed by atoms with Gasteiger partial charge in [0.25, 0.3) is 0 Å². The third-order valence-corrected chi connectivity index (χ3v) is 3.80. The maximum Gasteiger partial charge on any atom is 0.311 e. The maximum atomic E-state index is 11.0. The zero-order chi connectivity index (χ0) is 18.6. The van der Waals surface area contributed by atoms with Crippen LogP contribution in [0.2, 0.25) is 0 Å². The molecular weight excluding hydrogens is 326 g/mol. The van der Waals surface area contributed by atoms with Gasteiger partial charge in [-0.25, -0.2) is 0 Å². The van der Waals surface area contributed by atoms with Crippen molar-refractivity contribution in [3.63, 3.8) is 0 Å². The molecule has 0 aliphatic carbocycles. The number of nitro groups is 1. The van der Waals surface area contributed by atoms with Crippen molar-refractivity contribution in [3.05, 3.63) is 45.0 Å². The van der Waals surface area contributed by atoms with Gasteiger partial charge in [-0.2, -0.15) is 4.98 Å². The van der Waals surface area contributed by atoms with Gasteiger partial charge in [-0.15, -0.1) is 0 Å². The largest absolute Gasteiger partial charge is 0.467 e. The lowest BCUT2D eigenvalue weighted by Crippen LogP contribution is -2.04. The number of pyridine rings is 1. The smallest absolute Gasteiger partial charge is 0.311 e. The molecular formula is C17H21N3O5. The van der Waals surface area contributed by atoms with Gasteiger partial charge in [-0.05, 0) is 43.5 Å². The van der Waals surface area contributed by atoms with E-state index in [-0.39, 0.29) is 24.2 Å². The minimum absolute atomic E-state index is 0.109. The van der Waals surface area contributed by atoms with Crippen LogP contribution in [0.5, 0.6) is 17.4 Å². The molecule has 0 spiro atoms. The summed E-state index contributed by atoms with van der Waals surface area (Å²) in [5.41, 5.74) is 2.61. The summed E-state index contributed by atoms with van der Waals surface area (Å²) in [6, 6.07) is 4.67. The molecule has 8 heteroatoms. The monoisotopic (exact) mass is 347 g/mol. The number of benzene rings is 1. The van der Waals surface area contributed by atoms with Crippen molar-refractivity contribution in [3.8, 4) is 17.4 Å². The number of hydrogen-bond acceptors (Lipinski definition) is 7. The molecule has 8 nitrogen and oxygen atoms in total. The van der Waals surface area contributed by atoms with Gasteiger partial charge in [-0.1, -0.05) is 0 Å².